The summed E-state index contributed by atoms with van der Waals surface area (Å²) in [5, 5.41) is 2.70. The highest BCUT2D eigenvalue weighted by molar-refractivity contribution is 6.01. The van der Waals surface area contributed by atoms with Gasteiger partial charge in [0.05, 0.1) is 5.69 Å². The Morgan fingerprint density at radius 3 is 3.00 bits per heavy atom. The molecule has 1 heterocycles. The standard InChI is InChI=1S/C13H15NO3/c1-3-8(2)13(16)9-4-5-11-10(6-9)14-12(15)7-17-11/h4-6,8H,3,7H2,1-2H3,(H,14,15). The largest absolute Gasteiger partial charge is 0.482 e. The van der Waals surface area contributed by atoms with Crippen molar-refractivity contribution < 1.29 is 14.3 Å². The van der Waals surface area contributed by atoms with Crippen molar-refractivity contribution in [2.75, 3.05) is 11.9 Å². The van der Waals surface area contributed by atoms with Gasteiger partial charge in [0.15, 0.2) is 12.4 Å². The lowest BCUT2D eigenvalue weighted by Crippen LogP contribution is -2.25. The molecule has 1 aliphatic heterocycles. The minimum Gasteiger partial charge on any atom is -0.482 e. The van der Waals surface area contributed by atoms with Crippen LogP contribution in [0.2, 0.25) is 0 Å². The molecular formula is C13H15NO3. The van der Waals surface area contributed by atoms with Gasteiger partial charge in [-0.25, -0.2) is 0 Å². The number of ketones is 1. The molecule has 0 aromatic heterocycles. The van der Waals surface area contributed by atoms with Crippen LogP contribution in [0.3, 0.4) is 0 Å². The average Bonchev–Trinajstić information content (AvgIpc) is 2.36. The maximum absolute atomic E-state index is 12.0. The van der Waals surface area contributed by atoms with Crippen LogP contribution in [0.15, 0.2) is 18.2 Å². The summed E-state index contributed by atoms with van der Waals surface area (Å²) in [5.74, 6) is 0.513. The third kappa shape index (κ3) is 2.30. The van der Waals surface area contributed by atoms with Crippen LogP contribution in [-0.4, -0.2) is 18.3 Å². The number of rotatable bonds is 3. The van der Waals surface area contributed by atoms with E-state index >= 15 is 0 Å². The first-order valence-electron chi connectivity index (χ1n) is 5.72. The molecule has 0 spiro atoms. The van der Waals surface area contributed by atoms with Gasteiger partial charge in [-0.05, 0) is 24.6 Å². The molecule has 1 aromatic carbocycles. The summed E-state index contributed by atoms with van der Waals surface area (Å²) in [6.45, 7) is 3.91. The fourth-order valence-electron chi connectivity index (χ4n) is 1.71. The van der Waals surface area contributed by atoms with E-state index in [4.69, 9.17) is 4.74 Å². The predicted molar refractivity (Wildman–Crippen MR) is 64.4 cm³/mol. The van der Waals surface area contributed by atoms with Crippen molar-refractivity contribution in [2.24, 2.45) is 5.92 Å². The minimum atomic E-state index is -0.189. The smallest absolute Gasteiger partial charge is 0.262 e. The van der Waals surface area contributed by atoms with E-state index < -0.39 is 0 Å². The minimum absolute atomic E-state index is 0.00624. The van der Waals surface area contributed by atoms with Crippen LogP contribution in [0, 0.1) is 5.92 Å². The summed E-state index contributed by atoms with van der Waals surface area (Å²) >= 11 is 0. The molecule has 0 bridgehead atoms. The Balaban J connectivity index is 2.30. The van der Waals surface area contributed by atoms with Gasteiger partial charge in [-0.1, -0.05) is 13.8 Å². The second kappa shape index (κ2) is 4.57. The van der Waals surface area contributed by atoms with E-state index in [2.05, 4.69) is 5.32 Å². The van der Waals surface area contributed by atoms with Crippen LogP contribution < -0.4 is 10.1 Å². The predicted octanol–water partition coefficient (Wildman–Crippen LogP) is 2.25. The van der Waals surface area contributed by atoms with Gasteiger partial charge in [0, 0.05) is 11.5 Å². The van der Waals surface area contributed by atoms with Gasteiger partial charge < -0.3 is 10.1 Å². The molecule has 4 nitrogen and oxygen atoms in total. The zero-order chi connectivity index (χ0) is 12.4. The second-order valence-electron chi connectivity index (χ2n) is 4.22. The Bertz CT molecular complexity index is 468. The van der Waals surface area contributed by atoms with Crippen LogP contribution in [0.1, 0.15) is 30.6 Å². The third-order valence-corrected chi connectivity index (χ3v) is 2.96. The highest BCUT2D eigenvalue weighted by atomic mass is 16.5. The molecule has 17 heavy (non-hydrogen) atoms. The fourth-order valence-corrected chi connectivity index (χ4v) is 1.71. The Morgan fingerprint density at radius 2 is 2.29 bits per heavy atom. The number of fused-ring (bicyclic) bond motifs is 1. The topological polar surface area (TPSA) is 55.4 Å². The first kappa shape index (κ1) is 11.6. The first-order valence-corrected chi connectivity index (χ1v) is 5.72. The van der Waals surface area contributed by atoms with Crippen molar-refractivity contribution in [3.05, 3.63) is 23.8 Å². The quantitative estimate of drug-likeness (QED) is 0.814. The van der Waals surface area contributed by atoms with Crippen molar-refractivity contribution in [2.45, 2.75) is 20.3 Å². The molecule has 4 heteroatoms. The van der Waals surface area contributed by atoms with E-state index in [1.165, 1.54) is 0 Å². The molecule has 0 saturated carbocycles. The summed E-state index contributed by atoms with van der Waals surface area (Å²) in [5.41, 5.74) is 1.19. The molecule has 90 valence electrons. The van der Waals surface area contributed by atoms with E-state index in [1.54, 1.807) is 18.2 Å². The van der Waals surface area contributed by atoms with Crippen LogP contribution in [0.4, 0.5) is 5.69 Å². The highest BCUT2D eigenvalue weighted by Crippen LogP contribution is 2.29. The number of benzene rings is 1. The normalized spacial score (nSPS) is 15.5. The van der Waals surface area contributed by atoms with E-state index in [9.17, 15) is 9.59 Å². The van der Waals surface area contributed by atoms with Crippen molar-refractivity contribution in [1.29, 1.82) is 0 Å². The van der Waals surface area contributed by atoms with Crippen LogP contribution in [0.5, 0.6) is 5.75 Å². The molecule has 0 saturated heterocycles. The molecule has 1 N–H and O–H groups in total. The monoisotopic (exact) mass is 233 g/mol. The van der Waals surface area contributed by atoms with Crippen molar-refractivity contribution in [1.82, 2.24) is 0 Å². The van der Waals surface area contributed by atoms with Crippen molar-refractivity contribution in [3.8, 4) is 5.75 Å². The summed E-state index contributed by atoms with van der Waals surface area (Å²) in [6, 6.07) is 5.15. The molecule has 0 radical (unpaired) electrons. The van der Waals surface area contributed by atoms with Crippen LogP contribution in [-0.2, 0) is 4.79 Å². The lowest BCUT2D eigenvalue weighted by Gasteiger charge is -2.18. The molecule has 1 atom stereocenters. The lowest BCUT2D eigenvalue weighted by atomic mass is 9.96. The second-order valence-corrected chi connectivity index (χ2v) is 4.22. The summed E-state index contributed by atoms with van der Waals surface area (Å²) < 4.78 is 5.23. The van der Waals surface area contributed by atoms with Gasteiger partial charge in [0.25, 0.3) is 5.91 Å². The number of carbonyl (C=O) groups is 2. The average molecular weight is 233 g/mol. The molecule has 1 aliphatic rings. The maximum Gasteiger partial charge on any atom is 0.262 e. The van der Waals surface area contributed by atoms with E-state index in [-0.39, 0.29) is 24.2 Å². The third-order valence-electron chi connectivity index (χ3n) is 2.96. The Labute approximate surface area is 100.0 Å². The number of Topliss-reactive ketones (excluding diaryl/α,β-unsaturated/α-hetero) is 1. The Morgan fingerprint density at radius 1 is 1.53 bits per heavy atom. The van der Waals surface area contributed by atoms with Crippen LogP contribution in [0.25, 0.3) is 0 Å². The maximum atomic E-state index is 12.0. The summed E-state index contributed by atoms with van der Waals surface area (Å²) in [6.07, 6.45) is 0.804. The number of hydrogen-bond acceptors (Lipinski definition) is 3. The highest BCUT2D eigenvalue weighted by Gasteiger charge is 2.19. The van der Waals surface area contributed by atoms with Crippen molar-refractivity contribution in [3.63, 3.8) is 0 Å². The van der Waals surface area contributed by atoms with Crippen molar-refractivity contribution >= 4 is 17.4 Å². The van der Waals surface area contributed by atoms with Gasteiger partial charge in [-0.15, -0.1) is 0 Å². The number of carbonyl (C=O) groups excluding carboxylic acids is 2. The van der Waals surface area contributed by atoms with Gasteiger partial charge in [-0.3, -0.25) is 9.59 Å². The number of ether oxygens (including phenoxy) is 1. The lowest BCUT2D eigenvalue weighted by molar-refractivity contribution is -0.118. The summed E-state index contributed by atoms with van der Waals surface area (Å²) in [4.78, 5) is 23.2. The Hall–Kier alpha value is -1.84. The van der Waals surface area contributed by atoms with Gasteiger partial charge in [0.1, 0.15) is 5.75 Å². The number of nitrogens with one attached hydrogen (secondary N) is 1. The van der Waals surface area contributed by atoms with Crippen LogP contribution >= 0.6 is 0 Å². The van der Waals surface area contributed by atoms with Gasteiger partial charge >= 0.3 is 0 Å². The molecular weight excluding hydrogens is 218 g/mol. The molecule has 1 aromatic rings. The zero-order valence-electron chi connectivity index (χ0n) is 9.95. The SMILES string of the molecule is CCC(C)C(=O)c1ccc2c(c1)NC(=O)CO2. The summed E-state index contributed by atoms with van der Waals surface area (Å²) in [7, 11) is 0. The molecule has 0 fully saturated rings. The number of anilines is 1. The molecule has 2 rings (SSSR count). The number of amides is 1. The first-order chi connectivity index (χ1) is 8.11. The van der Waals surface area contributed by atoms with E-state index in [1.807, 2.05) is 13.8 Å². The number of hydrogen-bond donors (Lipinski definition) is 1. The van der Waals surface area contributed by atoms with E-state index in [0.717, 1.165) is 6.42 Å². The Kier molecular flexibility index (Phi) is 3.13. The van der Waals surface area contributed by atoms with Gasteiger partial charge in [-0.2, -0.15) is 0 Å². The molecule has 0 aliphatic carbocycles. The van der Waals surface area contributed by atoms with E-state index in [0.29, 0.717) is 17.0 Å². The zero-order valence-corrected chi connectivity index (χ0v) is 9.95. The molecule has 1 amide bonds. The fraction of sp³-hybridized carbons (Fsp3) is 0.385. The molecule has 1 unspecified atom stereocenters. The van der Waals surface area contributed by atoms with Gasteiger partial charge in [0.2, 0.25) is 0 Å².